The summed E-state index contributed by atoms with van der Waals surface area (Å²) in [6, 6.07) is 7.27. The number of aromatic hydroxyl groups is 1. The summed E-state index contributed by atoms with van der Waals surface area (Å²) in [5, 5.41) is 17.6. The van der Waals surface area contributed by atoms with Crippen LogP contribution in [0.3, 0.4) is 0 Å². The second kappa shape index (κ2) is 6.29. The summed E-state index contributed by atoms with van der Waals surface area (Å²) >= 11 is 1.26. The van der Waals surface area contributed by atoms with Gasteiger partial charge in [-0.05, 0) is 26.0 Å². The van der Waals surface area contributed by atoms with E-state index < -0.39 is 11.2 Å². The Labute approximate surface area is 136 Å². The fraction of sp³-hybridized carbons (Fsp3) is 0.188. The van der Waals surface area contributed by atoms with E-state index in [0.29, 0.717) is 22.6 Å². The maximum atomic E-state index is 11.3. The van der Waals surface area contributed by atoms with Crippen molar-refractivity contribution in [3.63, 3.8) is 0 Å². The molecular formula is C16H14N2O4S. The number of aryl methyl sites for hydroxylation is 2. The van der Waals surface area contributed by atoms with Gasteiger partial charge in [0.05, 0.1) is 5.75 Å². The predicted molar refractivity (Wildman–Crippen MR) is 85.4 cm³/mol. The van der Waals surface area contributed by atoms with Crippen molar-refractivity contribution >= 4 is 11.8 Å². The first-order valence-corrected chi connectivity index (χ1v) is 7.85. The highest BCUT2D eigenvalue weighted by Gasteiger charge is 2.11. The fourth-order valence-corrected chi connectivity index (χ4v) is 2.79. The third-order valence-corrected chi connectivity index (χ3v) is 3.92. The molecule has 1 aromatic carbocycles. The Morgan fingerprint density at radius 3 is 2.57 bits per heavy atom. The zero-order chi connectivity index (χ0) is 16.4. The van der Waals surface area contributed by atoms with Crippen LogP contribution < -0.4 is 5.43 Å². The minimum Gasteiger partial charge on any atom is -0.502 e. The maximum absolute atomic E-state index is 11.3. The molecule has 3 aromatic rings. The third kappa shape index (κ3) is 3.62. The average Bonchev–Trinajstić information content (AvgIpc) is 2.96. The number of hydrogen-bond donors (Lipinski definition) is 1. The molecule has 7 heteroatoms. The van der Waals surface area contributed by atoms with Crippen LogP contribution in [0.2, 0.25) is 0 Å². The largest absolute Gasteiger partial charge is 0.502 e. The van der Waals surface area contributed by atoms with Crippen LogP contribution in [-0.4, -0.2) is 15.3 Å². The second-order valence-corrected chi connectivity index (χ2v) is 6.06. The van der Waals surface area contributed by atoms with Gasteiger partial charge in [0.1, 0.15) is 12.0 Å². The van der Waals surface area contributed by atoms with E-state index in [1.54, 1.807) is 0 Å². The monoisotopic (exact) mass is 330 g/mol. The molecule has 0 aliphatic rings. The summed E-state index contributed by atoms with van der Waals surface area (Å²) in [4.78, 5) is 11.3. The van der Waals surface area contributed by atoms with Crippen molar-refractivity contribution in [2.75, 3.05) is 0 Å². The number of rotatable bonds is 4. The van der Waals surface area contributed by atoms with E-state index in [1.165, 1.54) is 17.8 Å². The minimum absolute atomic E-state index is 0.351. The first-order chi connectivity index (χ1) is 11.0. The SMILES string of the molecule is Cc1cc(C)cc(-c2nnc(SCc3cc(=O)c(O)co3)o2)c1. The molecule has 0 spiro atoms. The van der Waals surface area contributed by atoms with Crippen molar-refractivity contribution in [2.24, 2.45) is 0 Å². The van der Waals surface area contributed by atoms with E-state index in [-0.39, 0.29) is 0 Å². The molecule has 0 amide bonds. The van der Waals surface area contributed by atoms with Crippen LogP contribution in [-0.2, 0) is 5.75 Å². The van der Waals surface area contributed by atoms with E-state index in [2.05, 4.69) is 16.3 Å². The highest BCUT2D eigenvalue weighted by molar-refractivity contribution is 7.98. The van der Waals surface area contributed by atoms with Crippen LogP contribution >= 0.6 is 11.8 Å². The molecule has 0 fully saturated rings. The van der Waals surface area contributed by atoms with Gasteiger partial charge in [-0.2, -0.15) is 0 Å². The van der Waals surface area contributed by atoms with Crippen LogP contribution in [0.25, 0.3) is 11.5 Å². The standard InChI is InChI=1S/C16H14N2O4S/c1-9-3-10(2)5-11(4-9)15-17-18-16(22-15)23-8-12-6-13(19)14(20)7-21-12/h3-7,20H,8H2,1-2H3. The van der Waals surface area contributed by atoms with Crippen LogP contribution in [0.5, 0.6) is 5.75 Å². The van der Waals surface area contributed by atoms with Crippen molar-refractivity contribution in [3.8, 4) is 17.2 Å². The van der Waals surface area contributed by atoms with E-state index in [1.807, 2.05) is 26.0 Å². The van der Waals surface area contributed by atoms with Gasteiger partial charge in [0.15, 0.2) is 5.75 Å². The summed E-state index contributed by atoms with van der Waals surface area (Å²) in [5.74, 6) is 0.813. The van der Waals surface area contributed by atoms with Crippen LogP contribution in [0.15, 0.2) is 49.4 Å². The van der Waals surface area contributed by atoms with Crippen LogP contribution in [0.4, 0.5) is 0 Å². The summed E-state index contributed by atoms with van der Waals surface area (Å²) in [5.41, 5.74) is 2.64. The van der Waals surface area contributed by atoms with Gasteiger partial charge in [-0.25, -0.2) is 0 Å². The molecule has 118 valence electrons. The van der Waals surface area contributed by atoms with Gasteiger partial charge in [-0.15, -0.1) is 10.2 Å². The average molecular weight is 330 g/mol. The lowest BCUT2D eigenvalue weighted by Gasteiger charge is -2.00. The Kier molecular flexibility index (Phi) is 4.20. The highest BCUT2D eigenvalue weighted by Crippen LogP contribution is 2.26. The molecule has 0 atom stereocenters. The summed E-state index contributed by atoms with van der Waals surface area (Å²) < 4.78 is 10.7. The lowest BCUT2D eigenvalue weighted by Crippen LogP contribution is -1.98. The molecule has 0 saturated carbocycles. The van der Waals surface area contributed by atoms with Crippen LogP contribution in [0, 0.1) is 13.8 Å². The van der Waals surface area contributed by atoms with Crippen molar-refractivity contribution in [2.45, 2.75) is 24.8 Å². The van der Waals surface area contributed by atoms with Gasteiger partial charge in [-0.1, -0.05) is 29.0 Å². The van der Waals surface area contributed by atoms with Gasteiger partial charge in [-0.3, -0.25) is 4.79 Å². The van der Waals surface area contributed by atoms with Gasteiger partial charge in [0.25, 0.3) is 5.22 Å². The number of thioether (sulfide) groups is 1. The summed E-state index contributed by atoms with van der Waals surface area (Å²) in [6.45, 7) is 4.02. The molecular weight excluding hydrogens is 316 g/mol. The quantitative estimate of drug-likeness (QED) is 0.734. The zero-order valence-corrected chi connectivity index (χ0v) is 13.4. The molecule has 0 unspecified atom stereocenters. The topological polar surface area (TPSA) is 89.4 Å². The molecule has 0 radical (unpaired) electrons. The molecule has 0 aliphatic carbocycles. The third-order valence-electron chi connectivity index (χ3n) is 3.08. The van der Waals surface area contributed by atoms with Gasteiger partial charge < -0.3 is 13.9 Å². The zero-order valence-electron chi connectivity index (χ0n) is 12.6. The summed E-state index contributed by atoms with van der Waals surface area (Å²) in [7, 11) is 0. The smallest absolute Gasteiger partial charge is 0.277 e. The van der Waals surface area contributed by atoms with Gasteiger partial charge >= 0.3 is 0 Å². The first-order valence-electron chi connectivity index (χ1n) is 6.87. The molecule has 2 aromatic heterocycles. The molecule has 6 nitrogen and oxygen atoms in total. The normalized spacial score (nSPS) is 10.9. The minimum atomic E-state index is -0.478. The van der Waals surface area contributed by atoms with E-state index in [4.69, 9.17) is 13.9 Å². The Hall–Kier alpha value is -2.54. The molecule has 3 rings (SSSR count). The van der Waals surface area contributed by atoms with Crippen molar-refractivity contribution in [3.05, 3.63) is 57.6 Å². The van der Waals surface area contributed by atoms with Gasteiger partial charge in [0, 0.05) is 11.6 Å². The Morgan fingerprint density at radius 2 is 1.87 bits per heavy atom. The number of aromatic nitrogens is 2. The van der Waals surface area contributed by atoms with Crippen LogP contribution in [0.1, 0.15) is 16.9 Å². The van der Waals surface area contributed by atoms with E-state index in [0.717, 1.165) is 23.0 Å². The van der Waals surface area contributed by atoms with E-state index >= 15 is 0 Å². The molecule has 0 aliphatic heterocycles. The first kappa shape index (κ1) is 15.4. The number of benzene rings is 1. The van der Waals surface area contributed by atoms with Crippen molar-refractivity contribution in [1.82, 2.24) is 10.2 Å². The van der Waals surface area contributed by atoms with E-state index in [9.17, 15) is 4.79 Å². The number of nitrogens with zero attached hydrogens (tertiary/aromatic N) is 2. The lowest BCUT2D eigenvalue weighted by molar-refractivity contribution is 0.418. The van der Waals surface area contributed by atoms with Crippen molar-refractivity contribution in [1.29, 1.82) is 0 Å². The lowest BCUT2D eigenvalue weighted by atomic mass is 10.1. The summed E-state index contributed by atoms with van der Waals surface area (Å²) in [6.07, 6.45) is 1.02. The Morgan fingerprint density at radius 1 is 1.13 bits per heavy atom. The number of hydrogen-bond acceptors (Lipinski definition) is 7. The molecule has 0 bridgehead atoms. The highest BCUT2D eigenvalue weighted by atomic mass is 32.2. The Bertz CT molecular complexity index is 881. The van der Waals surface area contributed by atoms with Crippen molar-refractivity contribution < 1.29 is 13.9 Å². The molecule has 1 N–H and O–H groups in total. The maximum Gasteiger partial charge on any atom is 0.277 e. The molecule has 23 heavy (non-hydrogen) atoms. The molecule has 2 heterocycles. The fourth-order valence-electron chi connectivity index (χ4n) is 2.14. The Balaban J connectivity index is 1.74. The molecule has 0 saturated heterocycles. The van der Waals surface area contributed by atoms with Gasteiger partial charge in [0.2, 0.25) is 11.3 Å². The second-order valence-electron chi connectivity index (χ2n) is 5.13. The predicted octanol–water partition coefficient (Wildman–Crippen LogP) is 3.30.